The minimum atomic E-state index is -0.129. The molecule has 4 heteroatoms. The van der Waals surface area contributed by atoms with Crippen LogP contribution >= 0.6 is 11.3 Å². The molecule has 24 heavy (non-hydrogen) atoms. The maximum absolute atomic E-state index is 4.92. The third-order valence-corrected chi connectivity index (χ3v) is 7.34. The Morgan fingerprint density at radius 1 is 1.17 bits per heavy atom. The van der Waals surface area contributed by atoms with Crippen LogP contribution in [-0.4, -0.2) is 9.97 Å². The number of thiazole rings is 1. The molecule has 0 saturated heterocycles. The van der Waals surface area contributed by atoms with Gasteiger partial charge in [0.2, 0.25) is 0 Å². The first-order valence-corrected chi connectivity index (χ1v) is 11.2. The summed E-state index contributed by atoms with van der Waals surface area (Å²) < 4.78 is 2.77. The molecular formula is C20H18IN2S-. The van der Waals surface area contributed by atoms with Crippen LogP contribution in [0.3, 0.4) is 0 Å². The van der Waals surface area contributed by atoms with Gasteiger partial charge in [-0.15, -0.1) is 0 Å². The Balaban J connectivity index is 1.84. The van der Waals surface area contributed by atoms with Crippen molar-refractivity contribution >= 4 is 17.4 Å². The zero-order valence-corrected chi connectivity index (χ0v) is 16.7. The summed E-state index contributed by atoms with van der Waals surface area (Å²) in [6.07, 6.45) is 6.51. The summed E-state index contributed by atoms with van der Waals surface area (Å²) in [6.45, 7) is 4.45. The van der Waals surface area contributed by atoms with Gasteiger partial charge in [0.1, 0.15) is 0 Å². The molecule has 1 aromatic carbocycles. The number of nitrogens with zero attached hydrogens (tertiary/aromatic N) is 2. The second kappa shape index (κ2) is 6.76. The van der Waals surface area contributed by atoms with E-state index in [2.05, 4.69) is 55.2 Å². The van der Waals surface area contributed by atoms with Gasteiger partial charge in [-0.25, -0.2) is 0 Å². The van der Waals surface area contributed by atoms with Crippen LogP contribution in [0.15, 0.2) is 45.5 Å². The molecule has 3 aromatic rings. The van der Waals surface area contributed by atoms with Crippen molar-refractivity contribution in [3.8, 4) is 21.8 Å². The molecule has 1 aliphatic heterocycles. The summed E-state index contributed by atoms with van der Waals surface area (Å²) in [4.78, 5) is 9.38. The van der Waals surface area contributed by atoms with E-state index >= 15 is 0 Å². The first kappa shape index (κ1) is 16.0. The summed E-state index contributed by atoms with van der Waals surface area (Å²) >= 11 is 1.53. The third-order valence-electron chi connectivity index (χ3n) is 4.05. The number of aromatic nitrogens is 2. The van der Waals surface area contributed by atoms with Crippen LogP contribution in [0.1, 0.15) is 31.4 Å². The Morgan fingerprint density at radius 3 is 2.71 bits per heavy atom. The fraction of sp³-hybridized carbons (Fsp3) is 0.200. The number of hydrogen-bond donors (Lipinski definition) is 0. The van der Waals surface area contributed by atoms with Crippen molar-refractivity contribution in [1.82, 2.24) is 9.97 Å². The molecule has 0 amide bonds. The van der Waals surface area contributed by atoms with Crippen molar-refractivity contribution in [1.29, 1.82) is 0 Å². The molecule has 0 radical (unpaired) electrons. The fourth-order valence-electron chi connectivity index (χ4n) is 2.94. The molecular weight excluding hydrogens is 427 g/mol. The van der Waals surface area contributed by atoms with E-state index < -0.39 is 0 Å². The molecule has 4 rings (SSSR count). The predicted molar refractivity (Wildman–Crippen MR) is 97.1 cm³/mol. The molecule has 0 saturated carbocycles. The zero-order valence-electron chi connectivity index (χ0n) is 13.7. The number of hydrogen-bond acceptors (Lipinski definition) is 3. The topological polar surface area (TPSA) is 25.8 Å². The summed E-state index contributed by atoms with van der Waals surface area (Å²) in [5, 5.41) is 3.03. The Kier molecular flexibility index (Phi) is 4.50. The number of halogens is 1. The summed E-state index contributed by atoms with van der Waals surface area (Å²) in [6, 6.07) is 11.2. The molecule has 122 valence electrons. The van der Waals surface area contributed by atoms with Gasteiger partial charge >= 0.3 is 157 Å². The third kappa shape index (κ3) is 3.05. The monoisotopic (exact) mass is 445 g/mol. The van der Waals surface area contributed by atoms with E-state index in [0.717, 1.165) is 17.1 Å². The average Bonchev–Trinajstić information content (AvgIpc) is 3.23. The van der Waals surface area contributed by atoms with E-state index in [1.54, 1.807) is 11.3 Å². The van der Waals surface area contributed by atoms with Gasteiger partial charge in [-0.2, -0.15) is 0 Å². The van der Waals surface area contributed by atoms with Gasteiger partial charge in [-0.3, -0.25) is 0 Å². The summed E-state index contributed by atoms with van der Waals surface area (Å²) in [5.74, 6) is 0. The molecule has 0 bridgehead atoms. The average molecular weight is 445 g/mol. The second-order valence-electron chi connectivity index (χ2n) is 5.87. The Labute approximate surface area is 157 Å². The van der Waals surface area contributed by atoms with Gasteiger partial charge in [0.15, 0.2) is 0 Å². The van der Waals surface area contributed by atoms with Crippen LogP contribution in [0, 0.1) is 3.70 Å². The van der Waals surface area contributed by atoms with Crippen LogP contribution in [-0.2, 0) is 6.42 Å². The standard InChI is InChI=1S/C20H18IN2S/c1-3-4-14-5-7-15(8-6-14)16-12-18(20-22-9-10-24-20)23-19-17(16)11-13(2)21-19/h5-12H,3-4H2,1-2H3/q-1. The number of allylic oxidation sites excluding steroid dienone is 1. The van der Waals surface area contributed by atoms with Crippen molar-refractivity contribution in [2.75, 3.05) is 0 Å². The Morgan fingerprint density at radius 2 is 2.00 bits per heavy atom. The van der Waals surface area contributed by atoms with Crippen molar-refractivity contribution < 1.29 is 21.2 Å². The maximum atomic E-state index is 4.92. The van der Waals surface area contributed by atoms with Crippen molar-refractivity contribution in [2.45, 2.75) is 26.7 Å². The quantitative estimate of drug-likeness (QED) is 0.456. The van der Waals surface area contributed by atoms with Crippen LogP contribution in [0.4, 0.5) is 0 Å². The molecule has 2 nitrogen and oxygen atoms in total. The van der Waals surface area contributed by atoms with Gasteiger partial charge in [0.05, 0.1) is 0 Å². The SMILES string of the molecule is CCCc1ccc(-c2cc(-c3nccs3)nc3c2C=C(C)[I-]3)cc1. The van der Waals surface area contributed by atoms with E-state index in [-0.39, 0.29) is 21.2 Å². The number of rotatable bonds is 4. The molecule has 2 aromatic heterocycles. The number of pyridine rings is 1. The number of fused-ring (bicyclic) bond motifs is 1. The first-order valence-electron chi connectivity index (χ1n) is 8.12. The molecule has 0 N–H and O–H groups in total. The summed E-state index contributed by atoms with van der Waals surface area (Å²) in [7, 11) is 0. The van der Waals surface area contributed by atoms with E-state index in [1.165, 1.54) is 36.0 Å². The van der Waals surface area contributed by atoms with Gasteiger partial charge in [-0.1, -0.05) is 0 Å². The van der Waals surface area contributed by atoms with Gasteiger partial charge in [0, 0.05) is 0 Å². The van der Waals surface area contributed by atoms with Gasteiger partial charge in [0.25, 0.3) is 0 Å². The number of aryl methyl sites for hydroxylation is 1. The molecule has 1 aliphatic rings. The molecule has 0 spiro atoms. The van der Waals surface area contributed by atoms with Crippen LogP contribution < -0.4 is 21.2 Å². The van der Waals surface area contributed by atoms with E-state index in [1.807, 2.05) is 11.6 Å². The Bertz CT molecular complexity index is 896. The fourth-order valence-corrected chi connectivity index (χ4v) is 5.93. The zero-order chi connectivity index (χ0) is 16.5. The van der Waals surface area contributed by atoms with Crippen LogP contribution in [0.5, 0.6) is 0 Å². The van der Waals surface area contributed by atoms with E-state index in [0.29, 0.717) is 0 Å². The summed E-state index contributed by atoms with van der Waals surface area (Å²) in [5.41, 5.74) is 6.32. The number of benzene rings is 1. The van der Waals surface area contributed by atoms with Gasteiger partial charge in [-0.05, 0) is 0 Å². The second-order valence-corrected chi connectivity index (χ2v) is 10.0. The van der Waals surface area contributed by atoms with Crippen LogP contribution in [0.25, 0.3) is 27.9 Å². The van der Waals surface area contributed by atoms with E-state index in [4.69, 9.17) is 4.98 Å². The molecule has 0 unspecified atom stereocenters. The molecule has 0 aliphatic carbocycles. The van der Waals surface area contributed by atoms with Crippen molar-refractivity contribution in [3.05, 3.63) is 60.3 Å². The normalized spacial score (nSPS) is 13.3. The first-order chi connectivity index (χ1) is 11.7. The van der Waals surface area contributed by atoms with Crippen molar-refractivity contribution in [2.24, 2.45) is 0 Å². The van der Waals surface area contributed by atoms with Gasteiger partial charge < -0.3 is 0 Å². The van der Waals surface area contributed by atoms with E-state index in [9.17, 15) is 0 Å². The Hall–Kier alpha value is -1.53. The van der Waals surface area contributed by atoms with Crippen molar-refractivity contribution in [3.63, 3.8) is 0 Å². The minimum absolute atomic E-state index is 0.129. The predicted octanol–water partition coefficient (Wildman–Crippen LogP) is 2.46. The molecule has 0 atom stereocenters. The molecule has 0 fully saturated rings. The molecule has 3 heterocycles. The van der Waals surface area contributed by atoms with Crippen LogP contribution in [0.2, 0.25) is 0 Å².